The topological polar surface area (TPSA) is 71.3 Å². The summed E-state index contributed by atoms with van der Waals surface area (Å²) in [5.41, 5.74) is 12.0. The van der Waals surface area contributed by atoms with Crippen molar-refractivity contribution in [1.29, 1.82) is 0 Å². The predicted molar refractivity (Wildman–Crippen MR) is 252 cm³/mol. The summed E-state index contributed by atoms with van der Waals surface area (Å²) < 4.78 is 9.21. The van der Waals surface area contributed by atoms with Gasteiger partial charge >= 0.3 is 0 Å². The van der Waals surface area contributed by atoms with E-state index in [9.17, 15) is 0 Å². The monoisotopic (exact) mass is 792 g/mol. The number of para-hydroxylation sites is 6. The fourth-order valence-corrected chi connectivity index (χ4v) is 10.2. The van der Waals surface area contributed by atoms with Gasteiger partial charge in [-0.25, -0.2) is 15.0 Å². The Morgan fingerprint density at radius 3 is 1.16 bits per heavy atom. The lowest BCUT2D eigenvalue weighted by Crippen LogP contribution is -2.06. The van der Waals surface area contributed by atoms with Crippen LogP contribution in [0.15, 0.2) is 194 Å². The Bertz CT molecular complexity index is 3880. The second kappa shape index (κ2) is 12.5. The van der Waals surface area contributed by atoms with E-state index in [1.165, 1.54) is 16.2 Å². The minimum absolute atomic E-state index is 0.518. The molecule has 0 aliphatic heterocycles. The summed E-state index contributed by atoms with van der Waals surface area (Å²) in [6, 6.07) is 64.5. The Morgan fingerprint density at radius 2 is 0.677 bits per heavy atom. The highest BCUT2D eigenvalue weighted by Gasteiger charge is 2.24. The minimum atomic E-state index is 0.518. The largest absolute Gasteiger partial charge is 0.307 e. The average molecular weight is 793 g/mol. The molecule has 0 amide bonds. The highest BCUT2D eigenvalue weighted by atomic mass is 15.2. The SMILES string of the molecule is c1ccc(-n2c3ccccc3c3ccc4c5ccccc5n(-c5cnc6nc(-n7c8ccccc8c8ccc9c%10ccccc%10n(-c%10ccccc%10)c9c87)ncc6n5)c4c32)cc1. The number of fused-ring (bicyclic) bond motifs is 15. The number of rotatable bonds is 4. The molecule has 0 unspecified atom stereocenters. The van der Waals surface area contributed by atoms with Crippen molar-refractivity contribution in [2.45, 2.75) is 0 Å². The lowest BCUT2D eigenvalue weighted by atomic mass is 10.1. The molecule has 0 bridgehead atoms. The highest BCUT2D eigenvalue weighted by molar-refractivity contribution is 6.25. The Labute approximate surface area is 352 Å². The van der Waals surface area contributed by atoms with Crippen LogP contribution in [-0.2, 0) is 0 Å². The Morgan fingerprint density at radius 1 is 0.290 bits per heavy atom. The standard InChI is InChI=1S/C54H32N8/c1-3-15-33(16-4-1)59-44-23-11-7-19-35(44)39-27-29-41-37-21-9-13-25-46(37)61(51(41)49(39)59)48-32-55-53-43(57-48)31-56-54(58-53)62-47-26-14-10-22-38(47)42-30-28-40-36-20-8-12-24-45(36)60(50(40)52(42)62)34-17-5-2-6-18-34/h1-32H. The smallest absolute Gasteiger partial charge is 0.236 e. The van der Waals surface area contributed by atoms with Gasteiger partial charge in [0.25, 0.3) is 0 Å². The Hall–Kier alpha value is -8.62. The number of benzene rings is 8. The van der Waals surface area contributed by atoms with Crippen LogP contribution < -0.4 is 0 Å². The van der Waals surface area contributed by atoms with Crippen LogP contribution in [0, 0.1) is 0 Å². The van der Waals surface area contributed by atoms with Crippen molar-refractivity contribution in [2.75, 3.05) is 0 Å². The van der Waals surface area contributed by atoms with E-state index in [2.05, 4.69) is 200 Å². The average Bonchev–Trinajstić information content (AvgIpc) is 4.07. The van der Waals surface area contributed by atoms with Crippen LogP contribution in [-0.4, -0.2) is 38.2 Å². The van der Waals surface area contributed by atoms with E-state index in [1.807, 2.05) is 12.4 Å². The first kappa shape index (κ1) is 33.2. The van der Waals surface area contributed by atoms with Crippen LogP contribution in [0.3, 0.4) is 0 Å². The van der Waals surface area contributed by atoms with Gasteiger partial charge in [0, 0.05) is 54.5 Å². The molecule has 6 aromatic heterocycles. The van der Waals surface area contributed by atoms with E-state index in [0.29, 0.717) is 22.9 Å². The zero-order chi connectivity index (χ0) is 40.5. The first-order valence-corrected chi connectivity index (χ1v) is 20.8. The highest BCUT2D eigenvalue weighted by Crippen LogP contribution is 2.43. The van der Waals surface area contributed by atoms with Crippen molar-refractivity contribution < 1.29 is 0 Å². The fourth-order valence-electron chi connectivity index (χ4n) is 10.2. The molecule has 8 nitrogen and oxygen atoms in total. The summed E-state index contributed by atoms with van der Waals surface area (Å²) in [4.78, 5) is 20.7. The first-order chi connectivity index (χ1) is 30.8. The maximum atomic E-state index is 5.31. The van der Waals surface area contributed by atoms with E-state index in [-0.39, 0.29) is 0 Å². The van der Waals surface area contributed by atoms with Crippen LogP contribution in [0.2, 0.25) is 0 Å². The molecular weight excluding hydrogens is 761 g/mol. The van der Waals surface area contributed by atoms with Crippen molar-refractivity contribution >= 4 is 98.4 Å². The van der Waals surface area contributed by atoms with Gasteiger partial charge in [-0.3, -0.25) is 9.13 Å². The van der Waals surface area contributed by atoms with Crippen LogP contribution >= 0.6 is 0 Å². The summed E-state index contributed by atoms with van der Waals surface area (Å²) in [6.45, 7) is 0. The molecule has 0 spiro atoms. The summed E-state index contributed by atoms with van der Waals surface area (Å²) in [5.74, 6) is 1.23. The van der Waals surface area contributed by atoms with E-state index < -0.39 is 0 Å². The Balaban J connectivity index is 1.03. The minimum Gasteiger partial charge on any atom is -0.307 e. The molecule has 0 aliphatic carbocycles. The van der Waals surface area contributed by atoms with Crippen LogP contribution in [0.4, 0.5) is 0 Å². The van der Waals surface area contributed by atoms with Gasteiger partial charge in [0.2, 0.25) is 5.95 Å². The summed E-state index contributed by atoms with van der Waals surface area (Å²) in [6.07, 6.45) is 3.68. The van der Waals surface area contributed by atoms with Gasteiger partial charge in [0.15, 0.2) is 11.5 Å². The molecule has 0 saturated carbocycles. The molecule has 8 aromatic carbocycles. The first-order valence-electron chi connectivity index (χ1n) is 20.8. The summed E-state index contributed by atoms with van der Waals surface area (Å²) in [7, 11) is 0. The number of hydrogen-bond donors (Lipinski definition) is 0. The molecular formula is C54H32N8. The maximum Gasteiger partial charge on any atom is 0.236 e. The molecule has 0 fully saturated rings. The number of hydrogen-bond acceptors (Lipinski definition) is 4. The number of aromatic nitrogens is 8. The third-order valence-corrected chi connectivity index (χ3v) is 12.7. The van der Waals surface area contributed by atoms with Gasteiger partial charge < -0.3 is 9.13 Å². The van der Waals surface area contributed by atoms with E-state index >= 15 is 0 Å². The van der Waals surface area contributed by atoms with E-state index in [0.717, 1.165) is 82.4 Å². The molecule has 14 aromatic rings. The van der Waals surface area contributed by atoms with Gasteiger partial charge in [-0.1, -0.05) is 133 Å². The van der Waals surface area contributed by atoms with Crippen molar-refractivity contribution in [1.82, 2.24) is 38.2 Å². The summed E-state index contributed by atoms with van der Waals surface area (Å²) >= 11 is 0. The molecule has 8 heteroatoms. The van der Waals surface area contributed by atoms with E-state index in [1.54, 1.807) is 0 Å². The lowest BCUT2D eigenvalue weighted by molar-refractivity contribution is 0.984. The van der Waals surface area contributed by atoms with Crippen molar-refractivity contribution in [3.05, 3.63) is 194 Å². The van der Waals surface area contributed by atoms with Gasteiger partial charge in [0.05, 0.1) is 56.5 Å². The maximum absolute atomic E-state index is 5.31. The molecule has 14 rings (SSSR count). The van der Waals surface area contributed by atoms with Gasteiger partial charge in [-0.05, 0) is 48.5 Å². The zero-order valence-corrected chi connectivity index (χ0v) is 33.1. The molecule has 0 N–H and O–H groups in total. The molecule has 0 atom stereocenters. The molecule has 62 heavy (non-hydrogen) atoms. The molecule has 288 valence electrons. The zero-order valence-electron chi connectivity index (χ0n) is 33.1. The van der Waals surface area contributed by atoms with E-state index in [4.69, 9.17) is 19.9 Å². The third kappa shape index (κ3) is 4.44. The van der Waals surface area contributed by atoms with Gasteiger partial charge in [-0.15, -0.1) is 0 Å². The molecule has 0 saturated heterocycles. The van der Waals surface area contributed by atoms with Crippen LogP contribution in [0.1, 0.15) is 0 Å². The van der Waals surface area contributed by atoms with Crippen LogP contribution in [0.25, 0.3) is 122 Å². The predicted octanol–water partition coefficient (Wildman–Crippen LogP) is 12.8. The normalized spacial score (nSPS) is 12.2. The van der Waals surface area contributed by atoms with Crippen molar-refractivity contribution in [3.8, 4) is 23.1 Å². The third-order valence-electron chi connectivity index (χ3n) is 12.7. The van der Waals surface area contributed by atoms with Crippen molar-refractivity contribution in [3.63, 3.8) is 0 Å². The molecule has 0 radical (unpaired) electrons. The Kier molecular flexibility index (Phi) is 6.68. The lowest BCUT2D eigenvalue weighted by Gasteiger charge is -2.13. The van der Waals surface area contributed by atoms with Crippen LogP contribution in [0.5, 0.6) is 0 Å². The van der Waals surface area contributed by atoms with Crippen molar-refractivity contribution in [2.24, 2.45) is 0 Å². The summed E-state index contributed by atoms with van der Waals surface area (Å²) in [5, 5.41) is 9.28. The van der Waals surface area contributed by atoms with Gasteiger partial charge in [-0.2, -0.15) is 4.98 Å². The fraction of sp³-hybridized carbons (Fsp3) is 0. The van der Waals surface area contributed by atoms with Gasteiger partial charge in [0.1, 0.15) is 5.52 Å². The quantitative estimate of drug-likeness (QED) is 0.178. The second-order valence-electron chi connectivity index (χ2n) is 15.9. The second-order valence-corrected chi connectivity index (χ2v) is 15.9. The molecule has 0 aliphatic rings. The number of nitrogens with zero attached hydrogens (tertiary/aromatic N) is 8. The molecule has 6 heterocycles.